The standard InChI is InChI=1S/C10H18N2O2/c1-10(2,3)7-8(13-4)11-6-12-9(7)14-5/h6-8H,1-5H3. The van der Waals surface area contributed by atoms with E-state index in [2.05, 4.69) is 30.8 Å². The maximum Gasteiger partial charge on any atom is 0.197 e. The first-order valence-corrected chi connectivity index (χ1v) is 4.67. The topological polar surface area (TPSA) is 43.2 Å². The van der Waals surface area contributed by atoms with Crippen molar-refractivity contribution in [3.8, 4) is 0 Å². The van der Waals surface area contributed by atoms with E-state index in [-0.39, 0.29) is 17.6 Å². The van der Waals surface area contributed by atoms with Gasteiger partial charge in [0, 0.05) is 7.11 Å². The maximum atomic E-state index is 5.30. The second-order valence-electron chi connectivity index (χ2n) is 4.41. The molecule has 2 unspecified atom stereocenters. The van der Waals surface area contributed by atoms with Gasteiger partial charge in [0.15, 0.2) is 12.1 Å². The maximum absolute atomic E-state index is 5.30. The van der Waals surface area contributed by atoms with Gasteiger partial charge in [0.05, 0.1) is 13.0 Å². The zero-order valence-corrected chi connectivity index (χ0v) is 9.44. The number of ether oxygens (including phenoxy) is 2. The molecule has 0 bridgehead atoms. The first kappa shape index (κ1) is 11.2. The highest BCUT2D eigenvalue weighted by Gasteiger charge is 2.38. The van der Waals surface area contributed by atoms with Gasteiger partial charge in [0.1, 0.15) is 6.34 Å². The van der Waals surface area contributed by atoms with Crippen LogP contribution in [0.2, 0.25) is 0 Å². The Balaban J connectivity index is 2.95. The van der Waals surface area contributed by atoms with Crippen molar-refractivity contribution in [2.24, 2.45) is 21.3 Å². The van der Waals surface area contributed by atoms with E-state index in [1.807, 2.05) is 0 Å². The van der Waals surface area contributed by atoms with Crippen LogP contribution in [0, 0.1) is 11.3 Å². The minimum Gasteiger partial charge on any atom is -0.484 e. The van der Waals surface area contributed by atoms with Crippen LogP contribution in [0.1, 0.15) is 20.8 Å². The Kier molecular flexibility index (Phi) is 3.26. The van der Waals surface area contributed by atoms with Crippen LogP contribution >= 0.6 is 0 Å². The molecule has 1 heterocycles. The van der Waals surface area contributed by atoms with Gasteiger partial charge >= 0.3 is 0 Å². The molecule has 1 aliphatic heterocycles. The second-order valence-corrected chi connectivity index (χ2v) is 4.41. The quantitative estimate of drug-likeness (QED) is 0.643. The minimum absolute atomic E-state index is 0.0211. The number of rotatable bonds is 1. The van der Waals surface area contributed by atoms with Crippen LogP contribution in [0.3, 0.4) is 0 Å². The molecule has 0 radical (unpaired) electrons. The molecule has 0 saturated carbocycles. The van der Waals surface area contributed by atoms with Gasteiger partial charge in [-0.2, -0.15) is 0 Å². The van der Waals surface area contributed by atoms with E-state index in [9.17, 15) is 0 Å². The van der Waals surface area contributed by atoms with E-state index in [4.69, 9.17) is 9.47 Å². The molecule has 4 nitrogen and oxygen atoms in total. The third kappa shape index (κ3) is 2.12. The lowest BCUT2D eigenvalue weighted by Gasteiger charge is -2.35. The molecule has 0 N–H and O–H groups in total. The van der Waals surface area contributed by atoms with Crippen LogP contribution < -0.4 is 0 Å². The van der Waals surface area contributed by atoms with Gasteiger partial charge in [-0.1, -0.05) is 20.8 Å². The largest absolute Gasteiger partial charge is 0.484 e. The Hall–Kier alpha value is -0.900. The highest BCUT2D eigenvalue weighted by Crippen LogP contribution is 2.33. The Morgan fingerprint density at radius 1 is 1.29 bits per heavy atom. The van der Waals surface area contributed by atoms with Crippen LogP contribution in [0.4, 0.5) is 0 Å². The molecule has 0 saturated heterocycles. The summed E-state index contributed by atoms with van der Waals surface area (Å²) in [6, 6.07) is 0. The van der Waals surface area contributed by atoms with Gasteiger partial charge in [-0.15, -0.1) is 0 Å². The fourth-order valence-corrected chi connectivity index (χ4v) is 1.62. The Morgan fingerprint density at radius 3 is 2.36 bits per heavy atom. The van der Waals surface area contributed by atoms with Gasteiger partial charge in [-0.25, -0.2) is 9.98 Å². The molecular weight excluding hydrogens is 180 g/mol. The Bertz CT molecular complexity index is 253. The lowest BCUT2D eigenvalue weighted by atomic mass is 9.79. The smallest absolute Gasteiger partial charge is 0.197 e. The zero-order valence-electron chi connectivity index (χ0n) is 9.44. The summed E-state index contributed by atoms with van der Waals surface area (Å²) in [7, 11) is 3.28. The third-order valence-electron chi connectivity index (χ3n) is 2.33. The van der Waals surface area contributed by atoms with Crippen molar-refractivity contribution in [1.82, 2.24) is 0 Å². The van der Waals surface area contributed by atoms with E-state index >= 15 is 0 Å². The summed E-state index contributed by atoms with van der Waals surface area (Å²) in [5.41, 5.74) is 0.0211. The number of hydrogen-bond donors (Lipinski definition) is 0. The number of aliphatic imine (C=N–C) groups is 2. The molecular formula is C10H18N2O2. The zero-order chi connectivity index (χ0) is 10.8. The fraction of sp³-hybridized carbons (Fsp3) is 0.800. The summed E-state index contributed by atoms with van der Waals surface area (Å²) < 4.78 is 10.5. The van der Waals surface area contributed by atoms with Crippen molar-refractivity contribution in [3.05, 3.63) is 0 Å². The van der Waals surface area contributed by atoms with E-state index in [1.165, 1.54) is 6.34 Å². The van der Waals surface area contributed by atoms with Gasteiger partial charge in [-0.05, 0) is 5.41 Å². The molecule has 0 aromatic heterocycles. The number of methoxy groups -OCH3 is 2. The van der Waals surface area contributed by atoms with E-state index in [0.717, 1.165) is 0 Å². The summed E-state index contributed by atoms with van der Waals surface area (Å²) in [5.74, 6) is 0.766. The molecule has 1 rings (SSSR count). The first-order valence-electron chi connectivity index (χ1n) is 4.67. The molecule has 0 spiro atoms. The summed E-state index contributed by atoms with van der Waals surface area (Å²) in [6.45, 7) is 6.37. The van der Waals surface area contributed by atoms with Crippen molar-refractivity contribution in [1.29, 1.82) is 0 Å². The van der Waals surface area contributed by atoms with E-state index in [0.29, 0.717) is 5.90 Å². The molecule has 80 valence electrons. The van der Waals surface area contributed by atoms with E-state index < -0.39 is 0 Å². The molecule has 1 aliphatic rings. The average Bonchev–Trinajstić information content (AvgIpc) is 2.15. The van der Waals surface area contributed by atoms with Crippen molar-refractivity contribution < 1.29 is 9.47 Å². The van der Waals surface area contributed by atoms with E-state index in [1.54, 1.807) is 14.2 Å². The van der Waals surface area contributed by atoms with Crippen molar-refractivity contribution in [2.45, 2.75) is 27.0 Å². The molecule has 0 aromatic carbocycles. The molecule has 4 heteroatoms. The predicted octanol–water partition coefficient (Wildman–Crippen LogP) is 1.71. The molecule has 14 heavy (non-hydrogen) atoms. The minimum atomic E-state index is -0.192. The molecule has 0 fully saturated rings. The van der Waals surface area contributed by atoms with Gasteiger partial charge in [0.25, 0.3) is 0 Å². The number of hydrogen-bond acceptors (Lipinski definition) is 4. The predicted molar refractivity (Wildman–Crippen MR) is 56.7 cm³/mol. The van der Waals surface area contributed by atoms with Crippen molar-refractivity contribution >= 4 is 12.2 Å². The second kappa shape index (κ2) is 4.09. The number of nitrogens with zero attached hydrogens (tertiary/aromatic N) is 2. The highest BCUT2D eigenvalue weighted by atomic mass is 16.5. The molecule has 2 atom stereocenters. The summed E-state index contributed by atoms with van der Waals surface area (Å²) in [4.78, 5) is 8.30. The van der Waals surface area contributed by atoms with Crippen LogP contribution in [0.15, 0.2) is 9.98 Å². The van der Waals surface area contributed by atoms with Crippen molar-refractivity contribution in [2.75, 3.05) is 14.2 Å². The summed E-state index contributed by atoms with van der Waals surface area (Å²) >= 11 is 0. The first-order chi connectivity index (χ1) is 6.50. The third-order valence-corrected chi connectivity index (χ3v) is 2.33. The average molecular weight is 198 g/mol. The normalized spacial score (nSPS) is 27.4. The van der Waals surface area contributed by atoms with Crippen LogP contribution in [0.25, 0.3) is 0 Å². The SMILES string of the molecule is COC1=NC=NC(OC)C1C(C)(C)C. The van der Waals surface area contributed by atoms with Crippen molar-refractivity contribution in [3.63, 3.8) is 0 Å². The monoisotopic (exact) mass is 198 g/mol. The van der Waals surface area contributed by atoms with Crippen LogP contribution in [-0.2, 0) is 9.47 Å². The van der Waals surface area contributed by atoms with Crippen LogP contribution in [-0.4, -0.2) is 32.7 Å². The van der Waals surface area contributed by atoms with Gasteiger partial charge < -0.3 is 9.47 Å². The molecule has 0 aromatic rings. The van der Waals surface area contributed by atoms with Crippen LogP contribution in [0.5, 0.6) is 0 Å². The summed E-state index contributed by atoms with van der Waals surface area (Å²) in [6.07, 6.45) is 1.30. The lowest BCUT2D eigenvalue weighted by Crippen LogP contribution is -2.41. The Labute approximate surface area is 85.0 Å². The fourth-order valence-electron chi connectivity index (χ4n) is 1.62. The summed E-state index contributed by atoms with van der Waals surface area (Å²) in [5, 5.41) is 0. The van der Waals surface area contributed by atoms with Gasteiger partial charge in [0.2, 0.25) is 0 Å². The molecule has 0 amide bonds. The lowest BCUT2D eigenvalue weighted by molar-refractivity contribution is 0.0324. The molecule has 0 aliphatic carbocycles. The van der Waals surface area contributed by atoms with Gasteiger partial charge in [-0.3, -0.25) is 0 Å². The Morgan fingerprint density at radius 2 is 1.93 bits per heavy atom. The highest BCUT2D eigenvalue weighted by molar-refractivity contribution is 5.88.